The number of halogens is 2. The molecule has 2 nitrogen and oxygen atoms in total. The van der Waals surface area contributed by atoms with Crippen molar-refractivity contribution in [3.63, 3.8) is 0 Å². The first kappa shape index (κ1) is 13.0. The number of hydrogen-bond acceptors (Lipinski definition) is 1. The van der Waals surface area contributed by atoms with Crippen LogP contribution in [0.25, 0.3) is 0 Å². The van der Waals surface area contributed by atoms with Crippen LogP contribution >= 0.6 is 0 Å². The van der Waals surface area contributed by atoms with Crippen LogP contribution in [0.15, 0.2) is 18.2 Å². The summed E-state index contributed by atoms with van der Waals surface area (Å²) in [6.07, 6.45) is 6.06. The predicted octanol–water partition coefficient (Wildman–Crippen LogP) is 3.87. The van der Waals surface area contributed by atoms with Gasteiger partial charge in [-0.1, -0.05) is 19.3 Å². The van der Waals surface area contributed by atoms with Crippen LogP contribution in [-0.2, 0) is 4.79 Å². The third-order valence-corrected chi connectivity index (χ3v) is 3.40. The van der Waals surface area contributed by atoms with Crippen molar-refractivity contribution in [2.24, 2.45) is 5.92 Å². The molecule has 4 heteroatoms. The molecule has 1 N–H and O–H groups in total. The highest BCUT2D eigenvalue weighted by Crippen LogP contribution is 2.26. The number of carbonyl (C=O) groups excluding carboxylic acids is 1. The molecule has 1 aliphatic rings. The average molecular weight is 253 g/mol. The molecule has 0 saturated heterocycles. The van der Waals surface area contributed by atoms with E-state index >= 15 is 0 Å². The van der Waals surface area contributed by atoms with Crippen molar-refractivity contribution in [1.29, 1.82) is 0 Å². The van der Waals surface area contributed by atoms with Gasteiger partial charge in [-0.3, -0.25) is 4.79 Å². The molecule has 0 heterocycles. The number of amides is 1. The molecule has 1 amide bonds. The van der Waals surface area contributed by atoms with Gasteiger partial charge in [0.05, 0.1) is 5.69 Å². The summed E-state index contributed by atoms with van der Waals surface area (Å²) < 4.78 is 26.3. The van der Waals surface area contributed by atoms with E-state index in [4.69, 9.17) is 0 Å². The van der Waals surface area contributed by atoms with Crippen LogP contribution in [0.3, 0.4) is 0 Å². The molecule has 0 aliphatic heterocycles. The average Bonchev–Trinajstić information content (AvgIpc) is 2.35. The van der Waals surface area contributed by atoms with Gasteiger partial charge in [-0.15, -0.1) is 0 Å². The Morgan fingerprint density at radius 1 is 1.22 bits per heavy atom. The maximum absolute atomic E-state index is 13.3. The number of hydrogen-bond donors (Lipinski definition) is 1. The highest BCUT2D eigenvalue weighted by Gasteiger charge is 2.17. The van der Waals surface area contributed by atoms with Crippen LogP contribution < -0.4 is 5.32 Å². The Bertz CT molecular complexity index is 428. The second-order valence-corrected chi connectivity index (χ2v) is 4.88. The highest BCUT2D eigenvalue weighted by molar-refractivity contribution is 5.90. The maximum Gasteiger partial charge on any atom is 0.224 e. The summed E-state index contributed by atoms with van der Waals surface area (Å²) in [6.45, 7) is 0. The Morgan fingerprint density at radius 3 is 2.67 bits per heavy atom. The third-order valence-electron chi connectivity index (χ3n) is 3.40. The SMILES string of the molecule is O=C(CC1CCCCC1)Nc1cc(F)ccc1F. The molecular formula is C14H17F2NO. The van der Waals surface area contributed by atoms with E-state index in [2.05, 4.69) is 5.32 Å². The first-order valence-electron chi connectivity index (χ1n) is 6.40. The number of carbonyl (C=O) groups is 1. The summed E-state index contributed by atoms with van der Waals surface area (Å²) in [5, 5.41) is 2.44. The second kappa shape index (κ2) is 5.94. The lowest BCUT2D eigenvalue weighted by Gasteiger charge is -2.20. The van der Waals surface area contributed by atoms with Crippen molar-refractivity contribution in [2.45, 2.75) is 38.5 Å². The standard InChI is InChI=1S/C14H17F2NO/c15-11-6-7-12(16)13(9-11)17-14(18)8-10-4-2-1-3-5-10/h6-7,9-10H,1-5,8H2,(H,17,18). The molecule has 0 spiro atoms. The monoisotopic (exact) mass is 253 g/mol. The van der Waals surface area contributed by atoms with Crippen LogP contribution in [0.4, 0.5) is 14.5 Å². The lowest BCUT2D eigenvalue weighted by atomic mass is 9.87. The van der Waals surface area contributed by atoms with Crippen molar-refractivity contribution in [1.82, 2.24) is 0 Å². The van der Waals surface area contributed by atoms with E-state index in [1.807, 2.05) is 0 Å². The quantitative estimate of drug-likeness (QED) is 0.870. The zero-order valence-electron chi connectivity index (χ0n) is 10.2. The van der Waals surface area contributed by atoms with Crippen molar-refractivity contribution < 1.29 is 13.6 Å². The van der Waals surface area contributed by atoms with Gasteiger partial charge in [0, 0.05) is 12.5 Å². The molecule has 2 rings (SSSR count). The zero-order chi connectivity index (χ0) is 13.0. The maximum atomic E-state index is 13.3. The van der Waals surface area contributed by atoms with E-state index in [0.29, 0.717) is 12.3 Å². The number of benzene rings is 1. The minimum absolute atomic E-state index is 0.0733. The molecule has 1 aromatic carbocycles. The van der Waals surface area contributed by atoms with Crippen LogP contribution in [0.2, 0.25) is 0 Å². The zero-order valence-corrected chi connectivity index (χ0v) is 10.2. The lowest BCUT2D eigenvalue weighted by molar-refractivity contribution is -0.117. The minimum Gasteiger partial charge on any atom is -0.324 e. The predicted molar refractivity (Wildman–Crippen MR) is 66.2 cm³/mol. The Labute approximate surface area is 105 Å². The Balaban J connectivity index is 1.92. The lowest BCUT2D eigenvalue weighted by Crippen LogP contribution is -2.19. The Kier molecular flexibility index (Phi) is 4.28. The van der Waals surface area contributed by atoms with Gasteiger partial charge in [0.15, 0.2) is 0 Å². The highest BCUT2D eigenvalue weighted by atomic mass is 19.1. The second-order valence-electron chi connectivity index (χ2n) is 4.88. The normalized spacial score (nSPS) is 16.6. The Morgan fingerprint density at radius 2 is 1.94 bits per heavy atom. The van der Waals surface area contributed by atoms with Crippen molar-refractivity contribution in [3.05, 3.63) is 29.8 Å². The summed E-state index contributed by atoms with van der Waals surface area (Å²) in [7, 11) is 0. The van der Waals surface area contributed by atoms with Crippen molar-refractivity contribution >= 4 is 11.6 Å². The fraction of sp³-hybridized carbons (Fsp3) is 0.500. The van der Waals surface area contributed by atoms with E-state index in [-0.39, 0.29) is 11.6 Å². The molecular weight excluding hydrogens is 236 g/mol. The van der Waals surface area contributed by atoms with Gasteiger partial charge in [-0.2, -0.15) is 0 Å². The molecule has 1 aromatic rings. The summed E-state index contributed by atoms with van der Waals surface area (Å²) in [4.78, 5) is 11.7. The number of nitrogens with one attached hydrogen (secondary N) is 1. The van der Waals surface area contributed by atoms with Crippen LogP contribution in [0.5, 0.6) is 0 Å². The van der Waals surface area contributed by atoms with Gasteiger partial charge < -0.3 is 5.32 Å². The molecule has 18 heavy (non-hydrogen) atoms. The Hall–Kier alpha value is -1.45. The topological polar surface area (TPSA) is 29.1 Å². The van der Waals surface area contributed by atoms with Gasteiger partial charge >= 0.3 is 0 Å². The molecule has 0 aromatic heterocycles. The molecule has 0 atom stereocenters. The van der Waals surface area contributed by atoms with E-state index in [9.17, 15) is 13.6 Å². The third kappa shape index (κ3) is 3.52. The summed E-state index contributed by atoms with van der Waals surface area (Å²) in [5.74, 6) is -1.00. The smallest absolute Gasteiger partial charge is 0.224 e. The molecule has 0 unspecified atom stereocenters. The van der Waals surface area contributed by atoms with E-state index in [0.717, 1.165) is 43.9 Å². The summed E-state index contributed by atoms with van der Waals surface area (Å²) in [6, 6.07) is 3.06. The van der Waals surface area contributed by atoms with E-state index in [1.54, 1.807) is 0 Å². The van der Waals surface area contributed by atoms with Crippen LogP contribution in [0.1, 0.15) is 38.5 Å². The largest absolute Gasteiger partial charge is 0.324 e. The molecule has 0 radical (unpaired) electrons. The molecule has 0 bridgehead atoms. The summed E-state index contributed by atoms with van der Waals surface area (Å²) in [5.41, 5.74) is -0.0733. The number of anilines is 1. The van der Waals surface area contributed by atoms with E-state index < -0.39 is 11.6 Å². The van der Waals surface area contributed by atoms with Gasteiger partial charge in [0.2, 0.25) is 5.91 Å². The number of rotatable bonds is 3. The molecule has 98 valence electrons. The molecule has 1 aliphatic carbocycles. The first-order chi connectivity index (χ1) is 8.65. The van der Waals surface area contributed by atoms with Gasteiger partial charge in [0.25, 0.3) is 0 Å². The fourth-order valence-corrected chi connectivity index (χ4v) is 2.45. The summed E-state index contributed by atoms with van der Waals surface area (Å²) >= 11 is 0. The fourth-order valence-electron chi connectivity index (χ4n) is 2.45. The van der Waals surface area contributed by atoms with Gasteiger partial charge in [0.1, 0.15) is 11.6 Å². The molecule has 1 saturated carbocycles. The first-order valence-corrected chi connectivity index (χ1v) is 6.40. The molecule has 1 fully saturated rings. The van der Waals surface area contributed by atoms with Gasteiger partial charge in [-0.05, 0) is 30.9 Å². The van der Waals surface area contributed by atoms with Crippen molar-refractivity contribution in [3.8, 4) is 0 Å². The van der Waals surface area contributed by atoms with Crippen LogP contribution in [0, 0.1) is 17.6 Å². The minimum atomic E-state index is -0.603. The van der Waals surface area contributed by atoms with Crippen molar-refractivity contribution in [2.75, 3.05) is 5.32 Å². The van der Waals surface area contributed by atoms with E-state index in [1.165, 1.54) is 6.42 Å². The van der Waals surface area contributed by atoms with Gasteiger partial charge in [-0.25, -0.2) is 8.78 Å². The van der Waals surface area contributed by atoms with Crippen LogP contribution in [-0.4, -0.2) is 5.91 Å².